The second kappa shape index (κ2) is 8.89. The molecule has 1 aromatic carbocycles. The molecule has 0 aliphatic carbocycles. The summed E-state index contributed by atoms with van der Waals surface area (Å²) in [5.74, 6) is -1.51. The number of piperidine rings is 1. The Morgan fingerprint density at radius 1 is 1.38 bits per heavy atom. The van der Waals surface area contributed by atoms with Crippen molar-refractivity contribution in [3.63, 3.8) is 0 Å². The van der Waals surface area contributed by atoms with Gasteiger partial charge in [-0.15, -0.1) is 0 Å². The largest absolute Gasteiger partial charge is 0.483 e. The van der Waals surface area contributed by atoms with Crippen LogP contribution in [-0.4, -0.2) is 66.0 Å². The summed E-state index contributed by atoms with van der Waals surface area (Å²) in [6, 6.07) is 5.19. The van der Waals surface area contributed by atoms with E-state index in [1.807, 2.05) is 0 Å². The summed E-state index contributed by atoms with van der Waals surface area (Å²) in [5, 5.41) is 9.65. The van der Waals surface area contributed by atoms with Gasteiger partial charge in [-0.3, -0.25) is 14.4 Å². The number of hydrogen-bond donors (Lipinski definition) is 1. The van der Waals surface area contributed by atoms with Crippen molar-refractivity contribution in [1.82, 2.24) is 9.80 Å². The third-order valence-electron chi connectivity index (χ3n) is 4.49. The molecule has 1 fully saturated rings. The van der Waals surface area contributed by atoms with E-state index in [4.69, 9.17) is 21.4 Å². The monoisotopic (exact) mass is 382 g/mol. The minimum Gasteiger partial charge on any atom is -0.483 e. The van der Waals surface area contributed by atoms with Crippen LogP contribution in [0.25, 0.3) is 0 Å². The molecule has 0 bridgehead atoms. The maximum Gasteiger partial charge on any atom is 0.308 e. The maximum atomic E-state index is 12.3. The summed E-state index contributed by atoms with van der Waals surface area (Å²) < 4.78 is 5.50. The Hall–Kier alpha value is -2.28. The molecule has 1 aliphatic rings. The number of halogens is 1. The predicted octanol–water partition coefficient (Wildman–Crippen LogP) is 1.81. The fourth-order valence-corrected chi connectivity index (χ4v) is 2.96. The number of amides is 2. The van der Waals surface area contributed by atoms with Crippen molar-refractivity contribution >= 4 is 29.4 Å². The minimum absolute atomic E-state index is 0.108. The van der Waals surface area contributed by atoms with Crippen molar-refractivity contribution in [3.8, 4) is 5.75 Å². The van der Waals surface area contributed by atoms with Crippen molar-refractivity contribution in [2.24, 2.45) is 5.92 Å². The van der Waals surface area contributed by atoms with Gasteiger partial charge in [-0.2, -0.15) is 0 Å². The highest BCUT2D eigenvalue weighted by Gasteiger charge is 2.29. The number of hydrogen-bond acceptors (Lipinski definition) is 4. The average Bonchev–Trinajstić information content (AvgIpc) is 2.62. The van der Waals surface area contributed by atoms with Gasteiger partial charge in [0, 0.05) is 30.7 Å². The number of carbonyl (C=O) groups excluding carboxylic acids is 2. The lowest BCUT2D eigenvalue weighted by atomic mass is 9.98. The zero-order valence-corrected chi connectivity index (χ0v) is 15.7. The van der Waals surface area contributed by atoms with Crippen molar-refractivity contribution in [2.75, 3.05) is 33.3 Å². The third kappa shape index (κ3) is 5.11. The highest BCUT2D eigenvalue weighted by molar-refractivity contribution is 6.31. The molecule has 1 aliphatic heterocycles. The second-order valence-electron chi connectivity index (χ2n) is 6.42. The number of carboxylic acids is 1. The summed E-state index contributed by atoms with van der Waals surface area (Å²) in [6.07, 6.45) is 1.22. The van der Waals surface area contributed by atoms with Gasteiger partial charge >= 0.3 is 5.97 Å². The number of likely N-dealkylation sites (tertiary alicyclic amines) is 1. The molecule has 0 aromatic heterocycles. The van der Waals surface area contributed by atoms with Gasteiger partial charge in [0.05, 0.1) is 12.5 Å². The molecule has 0 saturated carbocycles. The smallest absolute Gasteiger partial charge is 0.308 e. The number of benzene rings is 1. The van der Waals surface area contributed by atoms with Crippen molar-refractivity contribution in [1.29, 1.82) is 0 Å². The van der Waals surface area contributed by atoms with Crippen LogP contribution in [0.15, 0.2) is 18.2 Å². The van der Waals surface area contributed by atoms with E-state index in [0.717, 1.165) is 5.56 Å². The number of rotatable bonds is 6. The first-order valence-corrected chi connectivity index (χ1v) is 8.80. The van der Waals surface area contributed by atoms with Gasteiger partial charge in [-0.25, -0.2) is 0 Å². The molecule has 142 valence electrons. The number of carbonyl (C=O) groups is 3. The Morgan fingerprint density at radius 2 is 2.12 bits per heavy atom. The molecule has 1 unspecified atom stereocenters. The first-order chi connectivity index (χ1) is 12.3. The van der Waals surface area contributed by atoms with Crippen LogP contribution in [0.3, 0.4) is 0 Å². The van der Waals surface area contributed by atoms with Gasteiger partial charge in [0.2, 0.25) is 5.91 Å². The molecular formula is C18H23ClN2O5. The lowest BCUT2D eigenvalue weighted by molar-refractivity contribution is -0.147. The van der Waals surface area contributed by atoms with E-state index < -0.39 is 11.9 Å². The topological polar surface area (TPSA) is 87.2 Å². The van der Waals surface area contributed by atoms with Crippen LogP contribution in [0.1, 0.15) is 18.4 Å². The molecule has 1 atom stereocenters. The van der Waals surface area contributed by atoms with Gasteiger partial charge < -0.3 is 19.6 Å². The zero-order valence-electron chi connectivity index (χ0n) is 14.9. The minimum atomic E-state index is -0.891. The van der Waals surface area contributed by atoms with Crippen LogP contribution in [0.2, 0.25) is 5.02 Å². The maximum absolute atomic E-state index is 12.3. The van der Waals surface area contributed by atoms with E-state index in [1.165, 1.54) is 16.8 Å². The SMILES string of the molecule is Cc1c(Cl)cccc1OCC(=O)N(C)CC(=O)N1CCCC(C(=O)O)C1. The van der Waals surface area contributed by atoms with Gasteiger partial charge in [-0.1, -0.05) is 17.7 Å². The molecule has 8 heteroatoms. The Bertz CT molecular complexity index is 694. The van der Waals surface area contributed by atoms with Gasteiger partial charge in [-0.05, 0) is 31.9 Å². The van der Waals surface area contributed by atoms with Crippen molar-refractivity contribution < 1.29 is 24.2 Å². The average molecular weight is 383 g/mol. The Morgan fingerprint density at radius 3 is 2.81 bits per heavy atom. The lowest BCUT2D eigenvalue weighted by Crippen LogP contribution is -2.47. The van der Waals surface area contributed by atoms with Gasteiger partial charge in [0.15, 0.2) is 6.61 Å². The number of nitrogens with zero attached hydrogens (tertiary/aromatic N) is 2. The van der Waals surface area contributed by atoms with E-state index >= 15 is 0 Å². The molecule has 0 spiro atoms. The van der Waals surface area contributed by atoms with Crippen molar-refractivity contribution in [3.05, 3.63) is 28.8 Å². The summed E-state index contributed by atoms with van der Waals surface area (Å²) >= 11 is 6.01. The summed E-state index contributed by atoms with van der Waals surface area (Å²) in [7, 11) is 1.52. The van der Waals surface area contributed by atoms with E-state index in [-0.39, 0.29) is 31.5 Å². The van der Waals surface area contributed by atoms with E-state index in [1.54, 1.807) is 25.1 Å². The quantitative estimate of drug-likeness (QED) is 0.810. The van der Waals surface area contributed by atoms with Gasteiger partial charge in [0.25, 0.3) is 5.91 Å². The highest BCUT2D eigenvalue weighted by Crippen LogP contribution is 2.25. The molecule has 2 amide bonds. The molecule has 0 radical (unpaired) electrons. The Balaban J connectivity index is 1.85. The summed E-state index contributed by atoms with van der Waals surface area (Å²) in [4.78, 5) is 38.4. The molecule has 26 heavy (non-hydrogen) atoms. The summed E-state index contributed by atoms with van der Waals surface area (Å²) in [5.41, 5.74) is 0.744. The number of likely N-dealkylation sites (N-methyl/N-ethyl adjacent to an activating group) is 1. The summed E-state index contributed by atoms with van der Waals surface area (Å²) in [6.45, 7) is 2.19. The van der Waals surface area contributed by atoms with E-state index in [9.17, 15) is 14.4 Å². The number of carboxylic acid groups (broad SMARTS) is 1. The lowest BCUT2D eigenvalue weighted by Gasteiger charge is -2.32. The molecular weight excluding hydrogens is 360 g/mol. The molecule has 1 aromatic rings. The van der Waals surface area contributed by atoms with E-state index in [2.05, 4.69) is 0 Å². The fraction of sp³-hybridized carbons (Fsp3) is 0.500. The Kier molecular flexibility index (Phi) is 6.85. The van der Waals surface area contributed by atoms with Crippen LogP contribution in [0, 0.1) is 12.8 Å². The van der Waals surface area contributed by atoms with Gasteiger partial charge in [0.1, 0.15) is 5.75 Å². The number of aliphatic carboxylic acids is 1. The van der Waals surface area contributed by atoms with Crippen LogP contribution >= 0.6 is 11.6 Å². The first kappa shape index (κ1) is 20.0. The zero-order chi connectivity index (χ0) is 19.3. The third-order valence-corrected chi connectivity index (χ3v) is 4.90. The standard InChI is InChI=1S/C18H23ClN2O5/c1-12-14(19)6-3-7-15(12)26-11-17(23)20(2)10-16(22)21-8-4-5-13(9-21)18(24)25/h3,6-7,13H,4-5,8-11H2,1-2H3,(H,24,25). The normalized spacial score (nSPS) is 16.9. The molecule has 1 saturated heterocycles. The second-order valence-corrected chi connectivity index (χ2v) is 6.83. The highest BCUT2D eigenvalue weighted by atomic mass is 35.5. The Labute approximate surface area is 157 Å². The molecule has 1 N–H and O–H groups in total. The van der Waals surface area contributed by atoms with Crippen LogP contribution in [0.5, 0.6) is 5.75 Å². The van der Waals surface area contributed by atoms with Crippen molar-refractivity contribution in [2.45, 2.75) is 19.8 Å². The first-order valence-electron chi connectivity index (χ1n) is 8.42. The van der Waals surface area contributed by atoms with Crippen LogP contribution < -0.4 is 4.74 Å². The predicted molar refractivity (Wildman–Crippen MR) is 96.3 cm³/mol. The van der Waals surface area contributed by atoms with Crippen LogP contribution in [-0.2, 0) is 14.4 Å². The van der Waals surface area contributed by atoms with E-state index in [0.29, 0.717) is 30.2 Å². The fourth-order valence-electron chi connectivity index (χ4n) is 2.79. The molecule has 2 rings (SSSR count). The van der Waals surface area contributed by atoms with Crippen LogP contribution in [0.4, 0.5) is 0 Å². The number of ether oxygens (including phenoxy) is 1. The molecule has 1 heterocycles. The molecule has 7 nitrogen and oxygen atoms in total.